The Balaban J connectivity index is 1.91. The van der Waals surface area contributed by atoms with Crippen LogP contribution in [0.2, 0.25) is 0 Å². The molecule has 0 aliphatic rings. The minimum Gasteiger partial charge on any atom is -0.497 e. The van der Waals surface area contributed by atoms with Crippen molar-refractivity contribution in [2.45, 2.75) is 13.3 Å². The average molecular weight is 390 g/mol. The summed E-state index contributed by atoms with van der Waals surface area (Å²) in [5.74, 6) is -0.152. The molecule has 0 aliphatic heterocycles. The van der Waals surface area contributed by atoms with E-state index in [0.717, 1.165) is 12.0 Å². The Kier molecular flexibility index (Phi) is 4.91. The van der Waals surface area contributed by atoms with E-state index in [4.69, 9.17) is 18.3 Å². The number of ether oxygens (including phenoxy) is 2. The Labute approximate surface area is 166 Å². The number of rotatable bonds is 5. The SMILES string of the molecule is CCc1ccc2oc(-c3ccc(OC)cc3)c(OC(=O)c3ccco3)c(=O)c2c1. The highest BCUT2D eigenvalue weighted by Crippen LogP contribution is 2.32. The van der Waals surface area contributed by atoms with Gasteiger partial charge in [0.15, 0.2) is 5.76 Å². The molecule has 2 aromatic carbocycles. The third-order valence-electron chi connectivity index (χ3n) is 4.59. The van der Waals surface area contributed by atoms with Crippen molar-refractivity contribution in [1.82, 2.24) is 0 Å². The first-order valence-electron chi connectivity index (χ1n) is 9.10. The number of carbonyl (C=O) groups excluding carboxylic acids is 1. The molecule has 6 heteroatoms. The van der Waals surface area contributed by atoms with Crippen LogP contribution in [0.5, 0.6) is 11.5 Å². The van der Waals surface area contributed by atoms with Crippen molar-refractivity contribution in [3.63, 3.8) is 0 Å². The Morgan fingerprint density at radius 2 is 1.86 bits per heavy atom. The van der Waals surface area contributed by atoms with Gasteiger partial charge in [-0.3, -0.25) is 4.79 Å². The molecule has 0 atom stereocenters. The summed E-state index contributed by atoms with van der Waals surface area (Å²) in [6.07, 6.45) is 2.12. The molecule has 0 unspecified atom stereocenters. The summed E-state index contributed by atoms with van der Waals surface area (Å²) in [5.41, 5.74) is 1.54. The number of aryl methyl sites for hydroxylation is 1. The van der Waals surface area contributed by atoms with Crippen molar-refractivity contribution in [2.75, 3.05) is 7.11 Å². The van der Waals surface area contributed by atoms with Crippen LogP contribution in [0.1, 0.15) is 23.0 Å². The maximum atomic E-state index is 13.2. The first kappa shape index (κ1) is 18.6. The van der Waals surface area contributed by atoms with E-state index in [-0.39, 0.29) is 17.3 Å². The van der Waals surface area contributed by atoms with Crippen LogP contribution in [0.3, 0.4) is 0 Å². The highest BCUT2D eigenvalue weighted by atomic mass is 16.6. The zero-order chi connectivity index (χ0) is 20.4. The van der Waals surface area contributed by atoms with Gasteiger partial charge in [0.25, 0.3) is 0 Å². The minimum absolute atomic E-state index is 0.00696. The molecule has 0 fully saturated rings. The Bertz CT molecular complexity index is 1220. The highest BCUT2D eigenvalue weighted by Gasteiger charge is 2.22. The molecule has 2 heterocycles. The monoisotopic (exact) mass is 390 g/mol. The van der Waals surface area contributed by atoms with Gasteiger partial charge in [-0.05, 0) is 60.5 Å². The number of hydrogen-bond acceptors (Lipinski definition) is 6. The van der Waals surface area contributed by atoms with Gasteiger partial charge >= 0.3 is 5.97 Å². The number of hydrogen-bond donors (Lipinski definition) is 0. The predicted molar refractivity (Wildman–Crippen MR) is 108 cm³/mol. The van der Waals surface area contributed by atoms with Crippen LogP contribution < -0.4 is 14.9 Å². The maximum absolute atomic E-state index is 13.2. The van der Waals surface area contributed by atoms with Gasteiger partial charge < -0.3 is 18.3 Å². The van der Waals surface area contributed by atoms with E-state index in [1.54, 1.807) is 49.6 Å². The van der Waals surface area contributed by atoms with Crippen LogP contribution in [0.25, 0.3) is 22.3 Å². The molecule has 4 rings (SSSR count). The topological polar surface area (TPSA) is 78.9 Å². The molecule has 2 aromatic heterocycles. The smallest absolute Gasteiger partial charge is 0.379 e. The quantitative estimate of drug-likeness (QED) is 0.454. The number of benzene rings is 2. The van der Waals surface area contributed by atoms with Crippen molar-refractivity contribution in [3.8, 4) is 22.8 Å². The highest BCUT2D eigenvalue weighted by molar-refractivity contribution is 5.90. The van der Waals surface area contributed by atoms with E-state index < -0.39 is 11.4 Å². The normalized spacial score (nSPS) is 10.8. The Morgan fingerprint density at radius 1 is 1.07 bits per heavy atom. The Hall–Kier alpha value is -3.80. The standard InChI is InChI=1S/C23H18O6/c1-3-14-6-11-18-17(13-14)20(24)22(29-23(25)19-5-4-12-27-19)21(28-18)15-7-9-16(26-2)10-8-15/h4-13H,3H2,1-2H3. The molecule has 6 nitrogen and oxygen atoms in total. The summed E-state index contributed by atoms with van der Waals surface area (Å²) in [6.45, 7) is 1.99. The van der Waals surface area contributed by atoms with Gasteiger partial charge in [0.2, 0.25) is 16.9 Å². The fourth-order valence-electron chi connectivity index (χ4n) is 3.01. The largest absolute Gasteiger partial charge is 0.497 e. The van der Waals surface area contributed by atoms with E-state index in [1.807, 2.05) is 13.0 Å². The van der Waals surface area contributed by atoms with Gasteiger partial charge in [0.05, 0.1) is 18.8 Å². The fraction of sp³-hybridized carbons (Fsp3) is 0.130. The van der Waals surface area contributed by atoms with Crippen molar-refractivity contribution >= 4 is 16.9 Å². The molecule has 4 aromatic rings. The van der Waals surface area contributed by atoms with Crippen LogP contribution >= 0.6 is 0 Å². The summed E-state index contributed by atoms with van der Waals surface area (Å²) in [4.78, 5) is 25.7. The first-order valence-corrected chi connectivity index (χ1v) is 9.10. The summed E-state index contributed by atoms with van der Waals surface area (Å²) < 4.78 is 21.7. The first-order chi connectivity index (χ1) is 14.1. The number of methoxy groups -OCH3 is 1. The van der Waals surface area contributed by atoms with Crippen LogP contribution in [-0.2, 0) is 6.42 Å². The zero-order valence-corrected chi connectivity index (χ0v) is 15.9. The lowest BCUT2D eigenvalue weighted by atomic mass is 10.1. The molecular formula is C23H18O6. The van der Waals surface area contributed by atoms with Gasteiger partial charge in [0, 0.05) is 5.56 Å². The minimum atomic E-state index is -0.775. The second kappa shape index (κ2) is 7.67. The van der Waals surface area contributed by atoms with E-state index in [9.17, 15) is 9.59 Å². The summed E-state index contributed by atoms with van der Waals surface area (Å²) >= 11 is 0. The Morgan fingerprint density at radius 3 is 2.52 bits per heavy atom. The van der Waals surface area contributed by atoms with Crippen LogP contribution in [-0.4, -0.2) is 13.1 Å². The third-order valence-corrected chi connectivity index (χ3v) is 4.59. The van der Waals surface area contributed by atoms with E-state index in [2.05, 4.69) is 0 Å². The van der Waals surface area contributed by atoms with Gasteiger partial charge in [0.1, 0.15) is 11.3 Å². The second-order valence-electron chi connectivity index (χ2n) is 6.37. The molecule has 0 N–H and O–H groups in total. The molecular weight excluding hydrogens is 372 g/mol. The summed E-state index contributed by atoms with van der Waals surface area (Å²) in [5, 5.41) is 0.351. The van der Waals surface area contributed by atoms with E-state index in [1.165, 1.54) is 12.3 Å². The molecule has 146 valence electrons. The predicted octanol–water partition coefficient (Wildman–Crippen LogP) is 4.84. The fourth-order valence-corrected chi connectivity index (χ4v) is 3.01. The number of fused-ring (bicyclic) bond motifs is 1. The van der Waals surface area contributed by atoms with Crippen LogP contribution in [0.15, 0.2) is 74.5 Å². The van der Waals surface area contributed by atoms with Crippen molar-refractivity contribution in [3.05, 3.63) is 82.4 Å². The molecule has 0 saturated heterocycles. The van der Waals surface area contributed by atoms with Gasteiger partial charge in [-0.15, -0.1) is 0 Å². The summed E-state index contributed by atoms with van der Waals surface area (Å²) in [6, 6.07) is 15.4. The molecule has 0 saturated carbocycles. The molecule has 0 radical (unpaired) electrons. The molecule has 0 spiro atoms. The van der Waals surface area contributed by atoms with Crippen molar-refractivity contribution in [2.24, 2.45) is 0 Å². The lowest BCUT2D eigenvalue weighted by Gasteiger charge is -2.11. The number of furan rings is 1. The summed E-state index contributed by atoms with van der Waals surface area (Å²) in [7, 11) is 1.56. The average Bonchev–Trinajstić information content (AvgIpc) is 3.30. The van der Waals surface area contributed by atoms with Gasteiger partial charge in [-0.25, -0.2) is 4.79 Å². The second-order valence-corrected chi connectivity index (χ2v) is 6.37. The van der Waals surface area contributed by atoms with Crippen molar-refractivity contribution in [1.29, 1.82) is 0 Å². The van der Waals surface area contributed by atoms with Gasteiger partial charge in [-0.1, -0.05) is 13.0 Å². The molecule has 29 heavy (non-hydrogen) atoms. The number of esters is 1. The van der Waals surface area contributed by atoms with Gasteiger partial charge in [-0.2, -0.15) is 0 Å². The zero-order valence-electron chi connectivity index (χ0n) is 15.9. The third kappa shape index (κ3) is 3.52. The maximum Gasteiger partial charge on any atom is 0.379 e. The van der Waals surface area contributed by atoms with Crippen LogP contribution in [0.4, 0.5) is 0 Å². The van der Waals surface area contributed by atoms with Crippen molar-refractivity contribution < 1.29 is 23.1 Å². The lowest BCUT2D eigenvalue weighted by Crippen LogP contribution is -2.16. The molecule has 0 bridgehead atoms. The molecule has 0 aliphatic carbocycles. The molecule has 0 amide bonds. The van der Waals surface area contributed by atoms with E-state index >= 15 is 0 Å². The van der Waals surface area contributed by atoms with E-state index in [0.29, 0.717) is 22.3 Å². The number of carbonyl (C=O) groups is 1. The van der Waals surface area contributed by atoms with Crippen LogP contribution in [0, 0.1) is 0 Å². The lowest BCUT2D eigenvalue weighted by molar-refractivity contribution is 0.0698.